The van der Waals surface area contributed by atoms with Crippen molar-refractivity contribution in [1.82, 2.24) is 28.3 Å². The van der Waals surface area contributed by atoms with Crippen molar-refractivity contribution in [2.45, 2.75) is 30.7 Å². The van der Waals surface area contributed by atoms with Crippen LogP contribution in [0.5, 0.6) is 0 Å². The number of hydrogen-bond donors (Lipinski definition) is 0. The van der Waals surface area contributed by atoms with Crippen LogP contribution in [0.25, 0.3) is 10.6 Å². The molecule has 8 nitrogen and oxygen atoms in total. The fraction of sp³-hybridized carbons (Fsp3) is 0.353. The van der Waals surface area contributed by atoms with Crippen molar-refractivity contribution in [3.8, 4) is 0 Å². The Kier molecular flexibility index (Phi) is 3.11. The summed E-state index contributed by atoms with van der Waals surface area (Å²) in [7, 11) is -4.59. The van der Waals surface area contributed by atoms with Gasteiger partial charge in [0.15, 0.2) is 21.5 Å². The van der Waals surface area contributed by atoms with Crippen molar-refractivity contribution in [3.05, 3.63) is 47.2 Å². The quantitative estimate of drug-likeness (QED) is 0.504. The topological polar surface area (TPSA) is 84.9 Å². The van der Waals surface area contributed by atoms with Crippen molar-refractivity contribution in [3.63, 3.8) is 0 Å². The van der Waals surface area contributed by atoms with Gasteiger partial charge in [-0.15, -0.1) is 11.3 Å². The molecule has 0 aromatic carbocycles. The van der Waals surface area contributed by atoms with Crippen molar-refractivity contribution < 1.29 is 18.3 Å². The molecule has 0 spiro atoms. The van der Waals surface area contributed by atoms with Gasteiger partial charge < -0.3 is 0 Å². The number of rotatable bonds is 3. The van der Waals surface area contributed by atoms with Gasteiger partial charge in [0, 0.05) is 36.3 Å². The third-order valence-electron chi connectivity index (χ3n) is 4.81. The number of nitrogens with zero attached hydrogens (tertiary/aromatic N) is 6. The van der Waals surface area contributed by atoms with Gasteiger partial charge in [0.2, 0.25) is 0 Å². The van der Waals surface area contributed by atoms with E-state index in [2.05, 4.69) is 15.1 Å². The summed E-state index contributed by atoms with van der Waals surface area (Å²) in [6.07, 6.45) is 4.53. The summed E-state index contributed by atoms with van der Waals surface area (Å²) in [5, 5.41) is 5.24. The zero-order valence-electron chi connectivity index (χ0n) is 18.6. The first-order valence-corrected chi connectivity index (χ1v) is 10.7. The first kappa shape index (κ1) is 13.7. The van der Waals surface area contributed by atoms with Gasteiger partial charge in [-0.1, -0.05) is 0 Å². The highest BCUT2D eigenvalue weighted by molar-refractivity contribution is 7.89. The van der Waals surface area contributed by atoms with Gasteiger partial charge in [-0.25, -0.2) is 27.3 Å². The van der Waals surface area contributed by atoms with E-state index in [1.165, 1.54) is 45.9 Å². The predicted octanol–water partition coefficient (Wildman–Crippen LogP) is 2.45. The lowest BCUT2D eigenvalue weighted by molar-refractivity contribution is 0.317. The van der Waals surface area contributed by atoms with Gasteiger partial charge in [0.05, 0.1) is 6.20 Å². The van der Waals surface area contributed by atoms with Crippen LogP contribution in [-0.4, -0.2) is 49.7 Å². The largest absolute Gasteiger partial charge is 0.280 e. The summed E-state index contributed by atoms with van der Waals surface area (Å²) >= 11 is 1.21. The molecule has 11 heteroatoms. The van der Waals surface area contributed by atoms with E-state index < -0.39 is 34.8 Å². The maximum Gasteiger partial charge on any atom is 0.260 e. The van der Waals surface area contributed by atoms with Crippen LogP contribution < -0.4 is 0 Å². The lowest BCUT2D eigenvalue weighted by Gasteiger charge is -2.31. The van der Waals surface area contributed by atoms with Crippen molar-refractivity contribution in [2.75, 3.05) is 13.0 Å². The van der Waals surface area contributed by atoms with Crippen molar-refractivity contribution in [2.24, 2.45) is 0 Å². The van der Waals surface area contributed by atoms with Crippen LogP contribution in [0.3, 0.4) is 0 Å². The molecular weight excluding hydrogens is 403 g/mol. The van der Waals surface area contributed by atoms with E-state index in [9.17, 15) is 12.8 Å². The van der Waals surface area contributed by atoms with Crippen LogP contribution in [0.4, 0.5) is 4.39 Å². The van der Waals surface area contributed by atoms with Gasteiger partial charge >= 0.3 is 0 Å². The summed E-state index contributed by atoms with van der Waals surface area (Å²) in [5.41, 5.74) is 0.571. The van der Waals surface area contributed by atoms with Crippen LogP contribution in [0.1, 0.15) is 35.4 Å². The molecule has 1 saturated heterocycles. The minimum atomic E-state index is -4.59. The maximum absolute atomic E-state index is 14.8. The van der Waals surface area contributed by atoms with Gasteiger partial charge in [-0.2, -0.15) is 9.40 Å². The molecule has 0 N–H and O–H groups in total. The molecule has 1 aliphatic heterocycles. The van der Waals surface area contributed by atoms with Crippen molar-refractivity contribution >= 4 is 32.0 Å². The standard InChI is InChI=1S/C17H17FN6O2S2/c1-11-13(9-24-16(15(11)18)20-10-21-24)12-2-4-22(5-3-12)28(25,26)14-8-19-17-23(14)6-7-27-17/h6-10,12H,2-5H2,1H3/i4D2,5D2. The molecule has 0 aliphatic carbocycles. The van der Waals surface area contributed by atoms with E-state index in [0.29, 0.717) is 10.5 Å². The Bertz CT molecular complexity index is 1450. The maximum atomic E-state index is 14.8. The highest BCUT2D eigenvalue weighted by Gasteiger charge is 2.33. The minimum Gasteiger partial charge on any atom is -0.280 e. The Morgan fingerprint density at radius 1 is 1.32 bits per heavy atom. The summed E-state index contributed by atoms with van der Waals surface area (Å²) in [6.45, 7) is -3.68. The van der Waals surface area contributed by atoms with E-state index in [-0.39, 0.29) is 33.4 Å². The van der Waals surface area contributed by atoms with Gasteiger partial charge in [-0.05, 0) is 36.8 Å². The van der Waals surface area contributed by atoms with Crippen LogP contribution in [0.2, 0.25) is 0 Å². The number of sulfonamides is 1. The molecule has 0 unspecified atom stereocenters. The zero-order valence-corrected chi connectivity index (χ0v) is 16.2. The highest BCUT2D eigenvalue weighted by atomic mass is 32.2. The molecule has 0 radical (unpaired) electrons. The smallest absolute Gasteiger partial charge is 0.260 e. The lowest BCUT2D eigenvalue weighted by Crippen LogP contribution is -2.38. The molecule has 4 aromatic rings. The number of thiazole rings is 1. The molecule has 5 heterocycles. The summed E-state index contributed by atoms with van der Waals surface area (Å²) in [6, 6.07) is 0. The monoisotopic (exact) mass is 424 g/mol. The SMILES string of the molecule is [2H]C1([2H])CC(c2cn3ncnc3c(F)c2C)CC([2H])([2H])N1S(=O)(=O)c1cnc2sccn12. The summed E-state index contributed by atoms with van der Waals surface area (Å²) in [5.74, 6) is -1.42. The third-order valence-corrected chi connectivity index (χ3v) is 7.15. The first-order valence-electron chi connectivity index (χ1n) is 10.4. The molecular formula is C17H17FN6O2S2. The van der Waals surface area contributed by atoms with E-state index in [1.807, 2.05) is 0 Å². The predicted molar refractivity (Wildman–Crippen MR) is 101 cm³/mol. The van der Waals surface area contributed by atoms with Crippen LogP contribution in [0, 0.1) is 12.7 Å². The van der Waals surface area contributed by atoms with Gasteiger partial charge in [-0.3, -0.25) is 4.40 Å². The second-order valence-electron chi connectivity index (χ2n) is 6.39. The molecule has 5 rings (SSSR count). The summed E-state index contributed by atoms with van der Waals surface area (Å²) < 4.78 is 78.5. The van der Waals surface area contributed by atoms with Gasteiger partial charge in [0.1, 0.15) is 6.33 Å². The average Bonchev–Trinajstić information content (AvgIpc) is 3.37. The Morgan fingerprint density at radius 3 is 2.89 bits per heavy atom. The molecule has 0 saturated carbocycles. The Hall–Kier alpha value is -2.37. The molecule has 0 amide bonds. The van der Waals surface area contributed by atoms with Gasteiger partial charge in [0.25, 0.3) is 10.0 Å². The van der Waals surface area contributed by atoms with E-state index in [1.54, 1.807) is 5.38 Å². The minimum absolute atomic E-state index is 0.0118. The van der Waals surface area contributed by atoms with Crippen LogP contribution in [-0.2, 0) is 10.0 Å². The molecule has 146 valence electrons. The second-order valence-corrected chi connectivity index (χ2v) is 9.00. The average molecular weight is 425 g/mol. The number of halogens is 1. The first-order chi connectivity index (χ1) is 14.9. The fourth-order valence-corrected chi connectivity index (χ4v) is 5.34. The van der Waals surface area contributed by atoms with E-state index >= 15 is 0 Å². The number of aromatic nitrogens is 5. The summed E-state index contributed by atoms with van der Waals surface area (Å²) in [4.78, 5) is 8.26. The second kappa shape index (κ2) is 6.33. The van der Waals surface area contributed by atoms with E-state index in [4.69, 9.17) is 5.48 Å². The third kappa shape index (κ3) is 2.57. The molecule has 4 aromatic heterocycles. The molecule has 1 fully saturated rings. The van der Waals surface area contributed by atoms with Crippen molar-refractivity contribution in [1.29, 1.82) is 0 Å². The Morgan fingerprint density at radius 2 is 2.11 bits per heavy atom. The Balaban J connectivity index is 1.59. The zero-order chi connectivity index (χ0) is 23.1. The number of fused-ring (bicyclic) bond motifs is 2. The Labute approximate surface area is 169 Å². The fourth-order valence-electron chi connectivity index (χ4n) is 3.33. The number of pyridine rings is 1. The lowest BCUT2D eigenvalue weighted by atomic mass is 9.88. The molecule has 1 aliphatic rings. The normalized spacial score (nSPS) is 22.8. The highest BCUT2D eigenvalue weighted by Crippen LogP contribution is 2.34. The number of imidazole rings is 1. The van der Waals surface area contributed by atoms with Crippen LogP contribution >= 0.6 is 11.3 Å². The number of hydrogen-bond acceptors (Lipinski definition) is 6. The van der Waals surface area contributed by atoms with Crippen LogP contribution in [0.15, 0.2) is 35.3 Å². The molecule has 0 atom stereocenters. The van der Waals surface area contributed by atoms with E-state index in [0.717, 1.165) is 6.20 Å². The molecule has 0 bridgehead atoms. The molecule has 28 heavy (non-hydrogen) atoms. The number of piperidine rings is 1.